The molecule has 1 aromatic heterocycles. The molecule has 2 aromatic rings. The monoisotopic (exact) mass is 454 g/mol. The summed E-state index contributed by atoms with van der Waals surface area (Å²) < 4.78 is 14.3. The smallest absolute Gasteiger partial charge is 0.221 e. The lowest BCUT2D eigenvalue weighted by molar-refractivity contribution is -0.129. The summed E-state index contributed by atoms with van der Waals surface area (Å²) in [6, 6.07) is 4.60. The number of halogens is 2. The van der Waals surface area contributed by atoms with E-state index < -0.39 is 23.2 Å². The number of nitrogens with zero attached hydrogens (tertiary/aromatic N) is 1. The van der Waals surface area contributed by atoms with Crippen molar-refractivity contribution in [3.63, 3.8) is 0 Å². The number of aromatic nitrogens is 1. The Morgan fingerprint density at radius 1 is 1.28 bits per heavy atom. The number of hydrogen-bond acceptors (Lipinski definition) is 4. The molecule has 7 heteroatoms. The van der Waals surface area contributed by atoms with E-state index in [1.165, 1.54) is 12.3 Å². The maximum absolute atomic E-state index is 14.3. The second-order valence-electron chi connectivity index (χ2n) is 8.73. The van der Waals surface area contributed by atoms with Gasteiger partial charge in [0.2, 0.25) is 5.91 Å². The number of carbonyl (C=O) groups excluding carboxylic acids is 3. The minimum Gasteiger partial charge on any atom is -0.340 e. The van der Waals surface area contributed by atoms with Gasteiger partial charge >= 0.3 is 0 Å². The zero-order valence-corrected chi connectivity index (χ0v) is 19.1. The Balaban J connectivity index is 1.88. The van der Waals surface area contributed by atoms with Crippen molar-refractivity contribution in [1.29, 1.82) is 0 Å². The fourth-order valence-electron chi connectivity index (χ4n) is 4.18. The molecule has 1 fully saturated rings. The van der Waals surface area contributed by atoms with E-state index in [2.05, 4.69) is 16.2 Å². The molecule has 0 radical (unpaired) electrons. The van der Waals surface area contributed by atoms with E-state index in [1.54, 1.807) is 39.8 Å². The molecule has 1 aliphatic carbocycles. The Bertz CT molecular complexity index is 1140. The first kappa shape index (κ1) is 23.6. The number of aryl methyl sites for hydroxylation is 2. The van der Waals surface area contributed by atoms with E-state index in [9.17, 15) is 18.8 Å². The molecule has 1 aliphatic rings. The van der Waals surface area contributed by atoms with Crippen molar-refractivity contribution in [2.45, 2.75) is 52.0 Å². The van der Waals surface area contributed by atoms with Crippen LogP contribution in [0.25, 0.3) is 11.3 Å². The molecular weight excluding hydrogens is 431 g/mol. The van der Waals surface area contributed by atoms with Gasteiger partial charge in [-0.05, 0) is 62.6 Å². The van der Waals surface area contributed by atoms with Crippen molar-refractivity contribution in [2.24, 2.45) is 5.92 Å². The van der Waals surface area contributed by atoms with E-state index in [4.69, 9.17) is 18.0 Å². The summed E-state index contributed by atoms with van der Waals surface area (Å²) >= 11 is 5.79. The summed E-state index contributed by atoms with van der Waals surface area (Å²) in [6.45, 7) is 6.91. The van der Waals surface area contributed by atoms with Gasteiger partial charge in [0, 0.05) is 30.5 Å². The Hall–Kier alpha value is -3.04. The van der Waals surface area contributed by atoms with Crippen molar-refractivity contribution in [3.05, 3.63) is 51.9 Å². The molecule has 1 amide bonds. The zero-order valence-electron chi connectivity index (χ0n) is 18.4. The van der Waals surface area contributed by atoms with E-state index >= 15 is 0 Å². The number of terminal acetylenes is 1. The quantitative estimate of drug-likeness (QED) is 0.539. The van der Waals surface area contributed by atoms with Crippen LogP contribution in [0.5, 0.6) is 0 Å². The highest BCUT2D eigenvalue weighted by atomic mass is 35.5. The Morgan fingerprint density at radius 2 is 1.91 bits per heavy atom. The molecule has 0 spiro atoms. The first-order valence-electron chi connectivity index (χ1n) is 10.2. The molecule has 1 heterocycles. The van der Waals surface area contributed by atoms with Crippen LogP contribution < -0.4 is 5.32 Å². The Morgan fingerprint density at radius 3 is 2.47 bits per heavy atom. The SMILES string of the molecule is C#CC(C)(C)NC(=O)CC1CC(=O)[C@H](c2c(C)cc(-c3ncc(Cl)cc3F)cc2C)C1=O. The van der Waals surface area contributed by atoms with E-state index in [0.29, 0.717) is 22.3 Å². The fourth-order valence-corrected chi connectivity index (χ4v) is 4.33. The Labute approximate surface area is 191 Å². The summed E-state index contributed by atoms with van der Waals surface area (Å²) in [4.78, 5) is 42.3. The summed E-state index contributed by atoms with van der Waals surface area (Å²) in [5.74, 6) is -0.597. The first-order chi connectivity index (χ1) is 14.9. The third kappa shape index (κ3) is 4.73. The van der Waals surface area contributed by atoms with Gasteiger partial charge in [-0.2, -0.15) is 0 Å². The predicted octanol–water partition coefficient (Wildman–Crippen LogP) is 4.32. The normalized spacial score (nSPS) is 18.5. The number of Topliss-reactive ketones (excluding diaryl/α,β-unsaturated/α-hetero) is 2. The number of carbonyl (C=O) groups is 3. The van der Waals surface area contributed by atoms with Gasteiger partial charge < -0.3 is 5.32 Å². The number of amides is 1. The molecule has 1 N–H and O–H groups in total. The zero-order chi connectivity index (χ0) is 23.8. The van der Waals surface area contributed by atoms with Gasteiger partial charge in [-0.3, -0.25) is 19.4 Å². The molecule has 0 bridgehead atoms. The lowest BCUT2D eigenvalue weighted by Crippen LogP contribution is -2.43. The van der Waals surface area contributed by atoms with Gasteiger partial charge in [-0.25, -0.2) is 4.39 Å². The van der Waals surface area contributed by atoms with E-state index in [0.717, 1.165) is 0 Å². The van der Waals surface area contributed by atoms with Gasteiger partial charge in [0.25, 0.3) is 0 Å². The first-order valence-corrected chi connectivity index (χ1v) is 10.6. The molecule has 32 heavy (non-hydrogen) atoms. The molecule has 0 aliphatic heterocycles. The number of benzene rings is 1. The van der Waals surface area contributed by atoms with E-state index in [-0.39, 0.29) is 41.0 Å². The lowest BCUT2D eigenvalue weighted by Gasteiger charge is -2.20. The van der Waals surface area contributed by atoms with Gasteiger partial charge in [0.05, 0.1) is 10.6 Å². The highest BCUT2D eigenvalue weighted by molar-refractivity contribution is 6.30. The minimum atomic E-state index is -0.939. The second-order valence-corrected chi connectivity index (χ2v) is 9.17. The van der Waals surface area contributed by atoms with Gasteiger partial charge in [0.1, 0.15) is 17.4 Å². The van der Waals surface area contributed by atoms with Crippen LogP contribution in [0.1, 0.15) is 49.3 Å². The molecule has 1 saturated carbocycles. The molecule has 166 valence electrons. The van der Waals surface area contributed by atoms with E-state index in [1.807, 2.05) is 0 Å². The number of rotatable bonds is 5. The van der Waals surface area contributed by atoms with Crippen molar-refractivity contribution in [1.82, 2.24) is 10.3 Å². The minimum absolute atomic E-state index is 0.00139. The highest BCUT2D eigenvalue weighted by Crippen LogP contribution is 2.38. The van der Waals surface area contributed by atoms with Crippen molar-refractivity contribution in [3.8, 4) is 23.6 Å². The topological polar surface area (TPSA) is 76.1 Å². The third-order valence-electron chi connectivity index (χ3n) is 5.66. The van der Waals surface area contributed by atoms with Gasteiger partial charge in [-0.1, -0.05) is 17.5 Å². The van der Waals surface area contributed by atoms with Crippen molar-refractivity contribution in [2.75, 3.05) is 0 Å². The standard InChI is InChI=1S/C25H24ClFN2O3/c1-6-25(4,5)29-20(31)10-16-9-19(30)22(24(16)32)21-13(2)7-15(8-14(21)3)23-18(27)11-17(26)12-28-23/h1,7-8,11-12,16,22H,9-10H2,2-5H3,(H,29,31)/t16?,22-/m1/s1. The molecular formula is C25H24ClFN2O3. The van der Waals surface area contributed by atoms with Gasteiger partial charge in [0.15, 0.2) is 11.6 Å². The number of hydrogen-bond donors (Lipinski definition) is 1. The van der Waals surface area contributed by atoms with Crippen LogP contribution in [-0.4, -0.2) is 28.0 Å². The summed E-state index contributed by atoms with van der Waals surface area (Å²) in [6.07, 6.45) is 6.66. The van der Waals surface area contributed by atoms with Crippen LogP contribution in [-0.2, 0) is 14.4 Å². The molecule has 1 unspecified atom stereocenters. The molecule has 3 rings (SSSR count). The maximum Gasteiger partial charge on any atom is 0.221 e. The summed E-state index contributed by atoms with van der Waals surface area (Å²) in [7, 11) is 0. The van der Waals surface area contributed by atoms with Crippen LogP contribution in [0, 0.1) is 37.9 Å². The van der Waals surface area contributed by atoms with Crippen LogP contribution in [0.15, 0.2) is 24.4 Å². The lowest BCUT2D eigenvalue weighted by atomic mass is 9.85. The average Bonchev–Trinajstić information content (AvgIpc) is 2.94. The molecule has 1 aromatic carbocycles. The van der Waals surface area contributed by atoms with Crippen LogP contribution in [0.2, 0.25) is 5.02 Å². The summed E-state index contributed by atoms with van der Waals surface area (Å²) in [5.41, 5.74) is 1.80. The molecule has 2 atom stereocenters. The number of ketones is 2. The molecule has 5 nitrogen and oxygen atoms in total. The number of nitrogens with one attached hydrogen (secondary N) is 1. The second kappa shape index (κ2) is 8.84. The van der Waals surface area contributed by atoms with Crippen LogP contribution in [0.4, 0.5) is 4.39 Å². The predicted molar refractivity (Wildman–Crippen MR) is 121 cm³/mol. The maximum atomic E-state index is 14.3. The van der Waals surface area contributed by atoms with Crippen LogP contribution in [0.3, 0.4) is 0 Å². The largest absolute Gasteiger partial charge is 0.340 e. The summed E-state index contributed by atoms with van der Waals surface area (Å²) in [5, 5.41) is 2.88. The molecule has 0 saturated heterocycles. The van der Waals surface area contributed by atoms with Crippen LogP contribution >= 0.6 is 11.6 Å². The Kier molecular flexibility index (Phi) is 6.52. The highest BCUT2D eigenvalue weighted by Gasteiger charge is 2.44. The van der Waals surface area contributed by atoms with Crippen molar-refractivity contribution < 1.29 is 18.8 Å². The third-order valence-corrected chi connectivity index (χ3v) is 5.87. The fraction of sp³-hybridized carbons (Fsp3) is 0.360. The average molecular weight is 455 g/mol. The number of pyridine rings is 1. The van der Waals surface area contributed by atoms with Crippen molar-refractivity contribution >= 4 is 29.1 Å². The van der Waals surface area contributed by atoms with Gasteiger partial charge in [-0.15, -0.1) is 6.42 Å².